The number of aromatic nitrogens is 1. The van der Waals surface area contributed by atoms with Gasteiger partial charge in [-0.15, -0.1) is 11.3 Å². The lowest BCUT2D eigenvalue weighted by atomic mass is 10.3. The van der Waals surface area contributed by atoms with Crippen LogP contribution in [0.2, 0.25) is 0 Å². The van der Waals surface area contributed by atoms with Gasteiger partial charge in [-0.3, -0.25) is 4.79 Å². The van der Waals surface area contributed by atoms with Crippen molar-refractivity contribution in [3.63, 3.8) is 0 Å². The van der Waals surface area contributed by atoms with E-state index in [9.17, 15) is 9.35 Å². The van der Waals surface area contributed by atoms with Crippen LogP contribution >= 0.6 is 27.3 Å². The van der Waals surface area contributed by atoms with E-state index >= 15 is 0 Å². The first-order valence-corrected chi connectivity index (χ1v) is 6.88. The van der Waals surface area contributed by atoms with Gasteiger partial charge in [0.05, 0.1) is 7.05 Å². The van der Waals surface area contributed by atoms with Crippen LogP contribution in [-0.4, -0.2) is 32.9 Å². The summed E-state index contributed by atoms with van der Waals surface area (Å²) in [6.45, 7) is 0. The first kappa shape index (κ1) is 11.8. The Kier molecular flexibility index (Phi) is 3.43. The van der Waals surface area contributed by atoms with Crippen LogP contribution in [0.3, 0.4) is 0 Å². The Labute approximate surface area is 107 Å². The van der Waals surface area contributed by atoms with Gasteiger partial charge in [-0.1, -0.05) is 0 Å². The molecule has 1 atom stereocenters. The van der Waals surface area contributed by atoms with Crippen LogP contribution in [0.5, 0.6) is 0 Å². The molecule has 0 saturated carbocycles. The first-order valence-electron chi connectivity index (χ1n) is 4.14. The monoisotopic (exact) mass is 319 g/mol. The molecular weight excluding hydrogens is 314 g/mol. The van der Waals surface area contributed by atoms with E-state index in [1.54, 1.807) is 18.5 Å². The van der Waals surface area contributed by atoms with E-state index in [2.05, 4.69) is 25.3 Å². The van der Waals surface area contributed by atoms with Gasteiger partial charge in [0.2, 0.25) is 11.5 Å². The predicted molar refractivity (Wildman–Crippen MR) is 66.4 cm³/mol. The van der Waals surface area contributed by atoms with Gasteiger partial charge in [0.1, 0.15) is 15.3 Å². The van der Waals surface area contributed by atoms with Crippen LogP contribution in [0.4, 0.5) is 0 Å². The number of allylic oxidation sites excluding steroid dienone is 2. The van der Waals surface area contributed by atoms with E-state index in [-0.39, 0.29) is 0 Å². The molecule has 0 aliphatic carbocycles. The van der Waals surface area contributed by atoms with E-state index in [4.69, 9.17) is 0 Å². The maximum absolute atomic E-state index is 11.6. The zero-order valence-corrected chi connectivity index (χ0v) is 11.3. The molecule has 8 heteroatoms. The molecule has 0 radical (unpaired) electrons. The minimum Gasteiger partial charge on any atom is -0.566 e. The summed E-state index contributed by atoms with van der Waals surface area (Å²) in [4.78, 5) is 14.9. The van der Waals surface area contributed by atoms with E-state index in [0.717, 1.165) is 0 Å². The standard InChI is InChI=1S/C8H6BrN3O2S2/c1-12-5(3-13)2-6(11-16(12)14)8-10-7(9)4-15-8/h2-4H,1H3. The average Bonchev–Trinajstić information content (AvgIpc) is 2.69. The van der Waals surface area contributed by atoms with Crippen molar-refractivity contribution in [3.8, 4) is 0 Å². The van der Waals surface area contributed by atoms with Crippen molar-refractivity contribution in [2.24, 2.45) is 4.40 Å². The van der Waals surface area contributed by atoms with Crippen LogP contribution in [0.1, 0.15) is 5.01 Å². The summed E-state index contributed by atoms with van der Waals surface area (Å²) in [6.07, 6.45) is 2.22. The van der Waals surface area contributed by atoms with Gasteiger partial charge in [0.15, 0.2) is 12.0 Å². The zero-order valence-electron chi connectivity index (χ0n) is 8.08. The second-order valence-electron chi connectivity index (χ2n) is 2.87. The summed E-state index contributed by atoms with van der Waals surface area (Å²) >= 11 is 3.03. The Morgan fingerprint density at radius 2 is 2.44 bits per heavy atom. The van der Waals surface area contributed by atoms with Crippen molar-refractivity contribution in [1.82, 2.24) is 9.29 Å². The molecule has 2 heterocycles. The third-order valence-electron chi connectivity index (χ3n) is 1.87. The minimum atomic E-state index is -1.56. The highest BCUT2D eigenvalue weighted by Gasteiger charge is 2.26. The summed E-state index contributed by atoms with van der Waals surface area (Å²) in [7, 11) is 1.55. The molecule has 1 aliphatic heterocycles. The molecule has 0 amide bonds. The van der Waals surface area contributed by atoms with Crippen molar-refractivity contribution in [3.05, 3.63) is 26.8 Å². The van der Waals surface area contributed by atoms with Gasteiger partial charge in [-0.25, -0.2) is 4.98 Å². The van der Waals surface area contributed by atoms with Gasteiger partial charge in [0, 0.05) is 11.5 Å². The minimum absolute atomic E-state index is 0.328. The quantitative estimate of drug-likeness (QED) is 0.608. The Morgan fingerprint density at radius 3 is 3.00 bits per heavy atom. The topological polar surface area (TPSA) is 68.6 Å². The molecular formula is C8H6BrN3O2S2. The van der Waals surface area contributed by atoms with Crippen molar-refractivity contribution in [2.75, 3.05) is 7.05 Å². The fraction of sp³-hybridized carbons (Fsp3) is 0.125. The van der Waals surface area contributed by atoms with Gasteiger partial charge in [-0.2, -0.15) is 4.31 Å². The van der Waals surface area contributed by atoms with E-state index in [1.165, 1.54) is 15.6 Å². The molecule has 0 saturated heterocycles. The second-order valence-corrected chi connectivity index (χ2v) is 5.73. The summed E-state index contributed by atoms with van der Waals surface area (Å²) in [5.74, 6) is 0. The number of aldehydes is 1. The highest BCUT2D eigenvalue weighted by Crippen LogP contribution is 2.21. The second kappa shape index (κ2) is 4.66. The average molecular weight is 320 g/mol. The Morgan fingerprint density at radius 1 is 1.69 bits per heavy atom. The Bertz CT molecular complexity index is 485. The van der Waals surface area contributed by atoms with Crippen molar-refractivity contribution in [2.45, 2.75) is 0 Å². The number of thiazole rings is 1. The van der Waals surface area contributed by atoms with Crippen LogP contribution < -0.4 is 0 Å². The largest absolute Gasteiger partial charge is 0.566 e. The molecule has 16 heavy (non-hydrogen) atoms. The van der Waals surface area contributed by atoms with Crippen molar-refractivity contribution >= 4 is 50.8 Å². The zero-order chi connectivity index (χ0) is 11.7. The van der Waals surface area contributed by atoms with Crippen molar-refractivity contribution in [1.29, 1.82) is 0 Å². The lowest BCUT2D eigenvalue weighted by molar-refractivity contribution is -0.105. The fourth-order valence-electron chi connectivity index (χ4n) is 1.07. The van der Waals surface area contributed by atoms with Gasteiger partial charge in [0.25, 0.3) is 0 Å². The Hall–Kier alpha value is -0.700. The highest BCUT2D eigenvalue weighted by molar-refractivity contribution is 9.10. The summed E-state index contributed by atoms with van der Waals surface area (Å²) in [6, 6.07) is 0. The molecule has 0 spiro atoms. The predicted octanol–water partition coefficient (Wildman–Crippen LogP) is 1.30. The molecule has 1 unspecified atom stereocenters. The molecule has 1 aliphatic rings. The normalized spacial score (nSPS) is 20.4. The molecule has 0 aromatic carbocycles. The molecule has 84 valence electrons. The van der Waals surface area contributed by atoms with Gasteiger partial charge in [-0.05, 0) is 20.3 Å². The van der Waals surface area contributed by atoms with Crippen LogP contribution in [0.15, 0.2) is 26.2 Å². The Balaban J connectivity index is 2.39. The molecule has 1 aromatic rings. The fourth-order valence-corrected chi connectivity index (χ4v) is 3.05. The number of halogens is 1. The van der Waals surface area contributed by atoms with Crippen LogP contribution in [0.25, 0.3) is 0 Å². The maximum Gasteiger partial charge on any atom is 0.222 e. The number of likely N-dealkylation sites (N-methyl/N-ethyl adjacent to an activating group) is 1. The van der Waals surface area contributed by atoms with Crippen LogP contribution in [-0.2, 0) is 16.3 Å². The molecule has 0 fully saturated rings. The SMILES string of the molecule is CN1C(C=O)=CC(c2nc(Br)cs2)=N[S+]1[O-]. The number of nitrogens with zero attached hydrogens (tertiary/aromatic N) is 3. The van der Waals surface area contributed by atoms with E-state index < -0.39 is 11.5 Å². The number of carbonyl (C=O) groups excluding carboxylic acids is 1. The van der Waals surface area contributed by atoms with Gasteiger partial charge >= 0.3 is 0 Å². The van der Waals surface area contributed by atoms with Crippen molar-refractivity contribution < 1.29 is 9.35 Å². The van der Waals surface area contributed by atoms with Gasteiger partial charge < -0.3 is 4.55 Å². The summed E-state index contributed by atoms with van der Waals surface area (Å²) in [5, 5.41) is 2.43. The van der Waals surface area contributed by atoms with E-state index in [1.807, 2.05) is 0 Å². The molecule has 0 N–H and O–H groups in total. The molecule has 5 nitrogen and oxygen atoms in total. The third kappa shape index (κ3) is 2.19. The lowest BCUT2D eigenvalue weighted by Crippen LogP contribution is -2.30. The molecule has 2 rings (SSSR count). The number of rotatable bonds is 2. The number of carbonyl (C=O) groups is 1. The summed E-state index contributed by atoms with van der Waals surface area (Å²) in [5.41, 5.74) is 0.795. The van der Waals surface area contributed by atoms with E-state index in [0.29, 0.717) is 27.3 Å². The number of hydrogen-bond donors (Lipinski definition) is 0. The number of hydrogen-bond acceptors (Lipinski definition) is 6. The highest BCUT2D eigenvalue weighted by atomic mass is 79.9. The lowest BCUT2D eigenvalue weighted by Gasteiger charge is -2.19. The molecule has 1 aromatic heterocycles. The van der Waals surface area contributed by atoms with Crippen LogP contribution in [0, 0.1) is 0 Å². The molecule has 0 bridgehead atoms. The maximum atomic E-state index is 11.6. The smallest absolute Gasteiger partial charge is 0.222 e. The summed E-state index contributed by atoms with van der Waals surface area (Å²) < 4.78 is 17.5. The first-order chi connectivity index (χ1) is 7.61. The third-order valence-corrected chi connectivity index (χ3v) is 4.48.